The first kappa shape index (κ1) is 13.3. The molecule has 0 heterocycles. The fourth-order valence-corrected chi connectivity index (χ4v) is 1.96. The normalized spacial score (nSPS) is 12.1. The summed E-state index contributed by atoms with van der Waals surface area (Å²) in [6.45, 7) is 2.63. The van der Waals surface area contributed by atoms with E-state index in [0.717, 1.165) is 16.7 Å². The minimum absolute atomic E-state index is 0.361. The molecule has 2 aromatic rings. The molecule has 2 rings (SSSR count). The van der Waals surface area contributed by atoms with E-state index in [0.29, 0.717) is 6.54 Å². The molecule has 98 valence electrons. The van der Waals surface area contributed by atoms with Crippen molar-refractivity contribution in [2.24, 2.45) is 5.73 Å². The number of hydrogen-bond acceptors (Lipinski definition) is 2. The number of rotatable bonds is 5. The molecule has 0 aliphatic carbocycles. The maximum atomic E-state index is 11.6. The van der Waals surface area contributed by atoms with Crippen LogP contribution >= 0.6 is 0 Å². The van der Waals surface area contributed by atoms with Crippen LogP contribution < -0.4 is 11.1 Å². The average Bonchev–Trinajstić information content (AvgIpc) is 2.42. The standard InChI is InChI=1S/C16H18N2O/c1-12-7-9-14(10-8-12)15(16(17)19)18-11-13-5-3-2-4-6-13/h2-10,15,18H,11H2,1H3,(H2,17,19). The Morgan fingerprint density at radius 2 is 1.74 bits per heavy atom. The molecule has 0 bridgehead atoms. The molecule has 1 atom stereocenters. The van der Waals surface area contributed by atoms with E-state index in [1.807, 2.05) is 61.5 Å². The zero-order valence-electron chi connectivity index (χ0n) is 11.0. The van der Waals surface area contributed by atoms with Crippen molar-refractivity contribution in [1.82, 2.24) is 5.32 Å². The van der Waals surface area contributed by atoms with E-state index in [4.69, 9.17) is 5.73 Å². The van der Waals surface area contributed by atoms with Gasteiger partial charge in [0, 0.05) is 6.54 Å². The number of aryl methyl sites for hydroxylation is 1. The van der Waals surface area contributed by atoms with Gasteiger partial charge in [-0.15, -0.1) is 0 Å². The van der Waals surface area contributed by atoms with Crippen molar-refractivity contribution in [2.45, 2.75) is 19.5 Å². The molecule has 0 fully saturated rings. The first-order valence-corrected chi connectivity index (χ1v) is 6.30. The first-order chi connectivity index (χ1) is 9.16. The van der Waals surface area contributed by atoms with Gasteiger partial charge in [-0.25, -0.2) is 0 Å². The van der Waals surface area contributed by atoms with Crippen molar-refractivity contribution in [3.8, 4) is 0 Å². The molecular weight excluding hydrogens is 236 g/mol. The van der Waals surface area contributed by atoms with E-state index in [1.54, 1.807) is 0 Å². The van der Waals surface area contributed by atoms with Gasteiger partial charge in [0.15, 0.2) is 0 Å². The number of nitrogens with one attached hydrogen (secondary N) is 1. The largest absolute Gasteiger partial charge is 0.368 e. The molecule has 0 radical (unpaired) electrons. The third-order valence-corrected chi connectivity index (χ3v) is 3.05. The van der Waals surface area contributed by atoms with Crippen LogP contribution in [0.4, 0.5) is 0 Å². The molecule has 3 N–H and O–H groups in total. The third-order valence-electron chi connectivity index (χ3n) is 3.05. The summed E-state index contributed by atoms with van der Waals surface area (Å²) in [5.74, 6) is -0.361. The Bertz CT molecular complexity index is 534. The summed E-state index contributed by atoms with van der Waals surface area (Å²) in [6, 6.07) is 17.3. The highest BCUT2D eigenvalue weighted by atomic mass is 16.1. The number of primary amides is 1. The third kappa shape index (κ3) is 3.66. The number of nitrogens with two attached hydrogens (primary N) is 1. The average molecular weight is 254 g/mol. The number of hydrogen-bond donors (Lipinski definition) is 2. The highest BCUT2D eigenvalue weighted by Gasteiger charge is 2.16. The molecule has 0 spiro atoms. The lowest BCUT2D eigenvalue weighted by Gasteiger charge is -2.16. The van der Waals surface area contributed by atoms with Gasteiger partial charge in [0.1, 0.15) is 6.04 Å². The molecule has 2 aromatic carbocycles. The van der Waals surface area contributed by atoms with E-state index in [1.165, 1.54) is 0 Å². The maximum absolute atomic E-state index is 11.6. The Labute approximate surface area is 113 Å². The van der Waals surface area contributed by atoms with Crippen LogP contribution in [0.5, 0.6) is 0 Å². The quantitative estimate of drug-likeness (QED) is 0.860. The Hall–Kier alpha value is -2.13. The molecule has 0 saturated heterocycles. The fourth-order valence-electron chi connectivity index (χ4n) is 1.96. The Balaban J connectivity index is 2.09. The number of carbonyl (C=O) groups is 1. The predicted molar refractivity (Wildman–Crippen MR) is 76.4 cm³/mol. The second-order valence-corrected chi connectivity index (χ2v) is 4.61. The van der Waals surface area contributed by atoms with Crippen LogP contribution in [0.25, 0.3) is 0 Å². The highest BCUT2D eigenvalue weighted by Crippen LogP contribution is 2.14. The van der Waals surface area contributed by atoms with Gasteiger partial charge in [-0.3, -0.25) is 10.1 Å². The molecule has 0 aromatic heterocycles. The van der Waals surface area contributed by atoms with Crippen LogP contribution in [0, 0.1) is 6.92 Å². The monoisotopic (exact) mass is 254 g/mol. The molecule has 0 aliphatic rings. The van der Waals surface area contributed by atoms with Crippen molar-refractivity contribution in [1.29, 1.82) is 0 Å². The minimum Gasteiger partial charge on any atom is -0.368 e. The van der Waals surface area contributed by atoms with Gasteiger partial charge in [-0.05, 0) is 18.1 Å². The van der Waals surface area contributed by atoms with Crippen molar-refractivity contribution >= 4 is 5.91 Å². The Morgan fingerprint density at radius 3 is 2.32 bits per heavy atom. The fraction of sp³-hybridized carbons (Fsp3) is 0.188. The summed E-state index contributed by atoms with van der Waals surface area (Å²) >= 11 is 0. The molecule has 0 saturated carbocycles. The van der Waals surface area contributed by atoms with Gasteiger partial charge in [-0.2, -0.15) is 0 Å². The van der Waals surface area contributed by atoms with E-state index in [9.17, 15) is 4.79 Å². The van der Waals surface area contributed by atoms with E-state index in [-0.39, 0.29) is 5.91 Å². The molecule has 1 amide bonds. The number of benzene rings is 2. The number of amides is 1. The Kier molecular flexibility index (Phi) is 4.31. The van der Waals surface area contributed by atoms with Gasteiger partial charge in [-0.1, -0.05) is 60.2 Å². The molecule has 3 heteroatoms. The second-order valence-electron chi connectivity index (χ2n) is 4.61. The van der Waals surface area contributed by atoms with Gasteiger partial charge < -0.3 is 5.73 Å². The summed E-state index contributed by atoms with van der Waals surface area (Å²) in [4.78, 5) is 11.6. The van der Waals surface area contributed by atoms with E-state index in [2.05, 4.69) is 5.32 Å². The minimum atomic E-state index is -0.458. The van der Waals surface area contributed by atoms with E-state index < -0.39 is 6.04 Å². The van der Waals surface area contributed by atoms with Crippen LogP contribution in [0.15, 0.2) is 54.6 Å². The lowest BCUT2D eigenvalue weighted by molar-refractivity contribution is -0.120. The zero-order valence-corrected chi connectivity index (χ0v) is 11.0. The number of carbonyl (C=O) groups excluding carboxylic acids is 1. The van der Waals surface area contributed by atoms with Crippen molar-refractivity contribution in [2.75, 3.05) is 0 Å². The van der Waals surface area contributed by atoms with Crippen molar-refractivity contribution in [3.05, 3.63) is 71.3 Å². The smallest absolute Gasteiger partial charge is 0.239 e. The van der Waals surface area contributed by atoms with Crippen LogP contribution in [-0.2, 0) is 11.3 Å². The Morgan fingerprint density at radius 1 is 1.11 bits per heavy atom. The van der Waals surface area contributed by atoms with Crippen LogP contribution in [0.1, 0.15) is 22.7 Å². The zero-order chi connectivity index (χ0) is 13.7. The topological polar surface area (TPSA) is 55.1 Å². The SMILES string of the molecule is Cc1ccc(C(NCc2ccccc2)C(N)=O)cc1. The summed E-state index contributed by atoms with van der Waals surface area (Å²) in [5.41, 5.74) is 8.65. The van der Waals surface area contributed by atoms with Gasteiger partial charge >= 0.3 is 0 Å². The van der Waals surface area contributed by atoms with Gasteiger partial charge in [0.25, 0.3) is 0 Å². The van der Waals surface area contributed by atoms with Crippen LogP contribution in [0.3, 0.4) is 0 Å². The molecular formula is C16H18N2O. The summed E-state index contributed by atoms with van der Waals surface area (Å²) in [5, 5.41) is 3.20. The lowest BCUT2D eigenvalue weighted by Crippen LogP contribution is -2.33. The summed E-state index contributed by atoms with van der Waals surface area (Å²) < 4.78 is 0. The highest BCUT2D eigenvalue weighted by molar-refractivity contribution is 5.81. The molecule has 3 nitrogen and oxygen atoms in total. The second kappa shape index (κ2) is 6.16. The van der Waals surface area contributed by atoms with Crippen LogP contribution in [0.2, 0.25) is 0 Å². The summed E-state index contributed by atoms with van der Waals surface area (Å²) in [7, 11) is 0. The van der Waals surface area contributed by atoms with Crippen molar-refractivity contribution in [3.63, 3.8) is 0 Å². The molecule has 19 heavy (non-hydrogen) atoms. The summed E-state index contributed by atoms with van der Waals surface area (Å²) in [6.07, 6.45) is 0. The molecule has 1 unspecified atom stereocenters. The molecule has 0 aliphatic heterocycles. The van der Waals surface area contributed by atoms with Crippen LogP contribution in [-0.4, -0.2) is 5.91 Å². The maximum Gasteiger partial charge on any atom is 0.239 e. The first-order valence-electron chi connectivity index (χ1n) is 6.30. The van der Waals surface area contributed by atoms with E-state index >= 15 is 0 Å². The lowest BCUT2D eigenvalue weighted by atomic mass is 10.0. The van der Waals surface area contributed by atoms with Crippen molar-refractivity contribution < 1.29 is 4.79 Å². The van der Waals surface area contributed by atoms with Gasteiger partial charge in [0.05, 0.1) is 0 Å². The van der Waals surface area contributed by atoms with Gasteiger partial charge in [0.2, 0.25) is 5.91 Å². The predicted octanol–water partition coefficient (Wildman–Crippen LogP) is 2.31.